The molecule has 0 spiro atoms. The van der Waals surface area contributed by atoms with Gasteiger partial charge in [0, 0.05) is 16.8 Å². The Bertz CT molecular complexity index is 780. The van der Waals surface area contributed by atoms with E-state index < -0.39 is 4.92 Å². The molecule has 0 atom stereocenters. The first-order chi connectivity index (χ1) is 11.4. The molecular weight excluding hydrogens is 334 g/mol. The van der Waals surface area contributed by atoms with Crippen molar-refractivity contribution in [3.8, 4) is 5.75 Å². The Morgan fingerprint density at radius 3 is 2.67 bits per heavy atom. The number of amides is 1. The van der Waals surface area contributed by atoms with E-state index in [0.29, 0.717) is 10.7 Å². The minimum atomic E-state index is -0.530. The van der Waals surface area contributed by atoms with Gasteiger partial charge in [0.2, 0.25) is 5.91 Å². The molecule has 0 bridgehead atoms. The van der Waals surface area contributed by atoms with Gasteiger partial charge in [-0.3, -0.25) is 14.9 Å². The SMILES string of the molecule is COc1cc([N+](=O)[O-])ccc1NC(=O)CNc1cc(Cl)ccc1C. The molecule has 2 aromatic carbocycles. The number of anilines is 2. The van der Waals surface area contributed by atoms with Crippen molar-refractivity contribution in [2.24, 2.45) is 0 Å². The van der Waals surface area contributed by atoms with E-state index in [1.165, 1.54) is 25.3 Å². The average molecular weight is 350 g/mol. The Labute approximate surface area is 143 Å². The number of ether oxygens (including phenoxy) is 1. The molecule has 0 fully saturated rings. The molecule has 0 aliphatic rings. The maximum Gasteiger partial charge on any atom is 0.273 e. The van der Waals surface area contributed by atoms with E-state index in [4.69, 9.17) is 16.3 Å². The minimum Gasteiger partial charge on any atom is -0.494 e. The molecule has 1 amide bonds. The van der Waals surface area contributed by atoms with Crippen LogP contribution in [0.4, 0.5) is 17.1 Å². The van der Waals surface area contributed by atoms with Crippen LogP contribution in [0.3, 0.4) is 0 Å². The van der Waals surface area contributed by atoms with Crippen LogP contribution in [-0.2, 0) is 4.79 Å². The summed E-state index contributed by atoms with van der Waals surface area (Å²) in [7, 11) is 1.38. The van der Waals surface area contributed by atoms with Crippen LogP contribution < -0.4 is 15.4 Å². The van der Waals surface area contributed by atoms with Gasteiger partial charge in [-0.05, 0) is 30.7 Å². The van der Waals surface area contributed by atoms with Gasteiger partial charge in [-0.1, -0.05) is 17.7 Å². The molecule has 0 aromatic heterocycles. The topological polar surface area (TPSA) is 93.5 Å². The number of nitrogens with one attached hydrogen (secondary N) is 2. The molecular formula is C16H16ClN3O4. The lowest BCUT2D eigenvalue weighted by atomic mass is 10.2. The van der Waals surface area contributed by atoms with Gasteiger partial charge < -0.3 is 15.4 Å². The van der Waals surface area contributed by atoms with Gasteiger partial charge in [0.05, 0.1) is 30.3 Å². The van der Waals surface area contributed by atoms with Gasteiger partial charge in [0.25, 0.3) is 5.69 Å². The summed E-state index contributed by atoms with van der Waals surface area (Å²) in [4.78, 5) is 22.3. The Hall–Kier alpha value is -2.80. The number of hydrogen-bond donors (Lipinski definition) is 2. The van der Waals surface area contributed by atoms with E-state index in [2.05, 4.69) is 10.6 Å². The highest BCUT2D eigenvalue weighted by atomic mass is 35.5. The van der Waals surface area contributed by atoms with Crippen LogP contribution in [0.1, 0.15) is 5.56 Å². The lowest BCUT2D eigenvalue weighted by molar-refractivity contribution is -0.384. The third-order valence-electron chi connectivity index (χ3n) is 3.31. The second-order valence-corrected chi connectivity index (χ2v) is 5.44. The van der Waals surface area contributed by atoms with Gasteiger partial charge in [-0.2, -0.15) is 0 Å². The Balaban J connectivity index is 2.04. The zero-order valence-corrected chi connectivity index (χ0v) is 13.9. The minimum absolute atomic E-state index is 0.0152. The monoisotopic (exact) mass is 349 g/mol. The van der Waals surface area contributed by atoms with Crippen LogP contribution in [0.25, 0.3) is 0 Å². The fourth-order valence-electron chi connectivity index (χ4n) is 2.05. The first-order valence-electron chi connectivity index (χ1n) is 7.03. The molecule has 2 rings (SSSR count). The molecule has 0 saturated carbocycles. The number of halogens is 1. The number of carbonyl (C=O) groups is 1. The van der Waals surface area contributed by atoms with E-state index in [9.17, 15) is 14.9 Å². The Morgan fingerprint density at radius 1 is 1.25 bits per heavy atom. The molecule has 0 saturated heterocycles. The van der Waals surface area contributed by atoms with Crippen molar-refractivity contribution in [1.29, 1.82) is 0 Å². The van der Waals surface area contributed by atoms with Gasteiger partial charge in [0.1, 0.15) is 5.75 Å². The van der Waals surface area contributed by atoms with Crippen molar-refractivity contribution in [2.45, 2.75) is 6.92 Å². The van der Waals surface area contributed by atoms with E-state index in [-0.39, 0.29) is 23.9 Å². The van der Waals surface area contributed by atoms with Crippen LogP contribution in [0, 0.1) is 17.0 Å². The third-order valence-corrected chi connectivity index (χ3v) is 3.54. The summed E-state index contributed by atoms with van der Waals surface area (Å²) in [6.07, 6.45) is 0. The number of aryl methyl sites for hydroxylation is 1. The largest absolute Gasteiger partial charge is 0.494 e. The lowest BCUT2D eigenvalue weighted by Gasteiger charge is -2.12. The lowest BCUT2D eigenvalue weighted by Crippen LogP contribution is -2.22. The molecule has 7 nitrogen and oxygen atoms in total. The number of benzene rings is 2. The quantitative estimate of drug-likeness (QED) is 0.613. The maximum absolute atomic E-state index is 12.1. The number of nitrogens with zero attached hydrogens (tertiary/aromatic N) is 1. The normalized spacial score (nSPS) is 10.1. The summed E-state index contributed by atoms with van der Waals surface area (Å²) in [6, 6.07) is 9.33. The number of nitro groups is 1. The highest BCUT2D eigenvalue weighted by Crippen LogP contribution is 2.29. The van der Waals surface area contributed by atoms with Crippen molar-refractivity contribution in [3.63, 3.8) is 0 Å². The van der Waals surface area contributed by atoms with Crippen molar-refractivity contribution in [2.75, 3.05) is 24.3 Å². The number of nitro benzene ring substituents is 1. The third kappa shape index (κ3) is 4.36. The zero-order valence-electron chi connectivity index (χ0n) is 13.1. The molecule has 2 N–H and O–H groups in total. The second-order valence-electron chi connectivity index (χ2n) is 5.00. The van der Waals surface area contributed by atoms with Crippen LogP contribution >= 0.6 is 11.6 Å². The number of carbonyl (C=O) groups excluding carboxylic acids is 1. The van der Waals surface area contributed by atoms with E-state index in [0.717, 1.165) is 11.3 Å². The number of methoxy groups -OCH3 is 1. The summed E-state index contributed by atoms with van der Waals surface area (Å²) >= 11 is 5.93. The van der Waals surface area contributed by atoms with Crippen LogP contribution in [0.5, 0.6) is 5.75 Å². The summed E-state index contributed by atoms with van der Waals surface area (Å²) in [5, 5.41) is 17.0. The summed E-state index contributed by atoms with van der Waals surface area (Å²) in [5.41, 5.74) is 1.96. The van der Waals surface area contributed by atoms with Gasteiger partial charge in [-0.25, -0.2) is 0 Å². The zero-order chi connectivity index (χ0) is 17.7. The summed E-state index contributed by atoms with van der Waals surface area (Å²) in [6.45, 7) is 1.91. The molecule has 0 unspecified atom stereocenters. The van der Waals surface area contributed by atoms with Gasteiger partial charge >= 0.3 is 0 Å². The molecule has 0 heterocycles. The first-order valence-corrected chi connectivity index (χ1v) is 7.41. The molecule has 0 radical (unpaired) electrons. The number of rotatable bonds is 6. The van der Waals surface area contributed by atoms with Crippen LogP contribution in [0.15, 0.2) is 36.4 Å². The van der Waals surface area contributed by atoms with Crippen molar-refractivity contribution in [1.82, 2.24) is 0 Å². The van der Waals surface area contributed by atoms with Crippen molar-refractivity contribution >= 4 is 34.6 Å². The highest BCUT2D eigenvalue weighted by Gasteiger charge is 2.13. The first kappa shape index (κ1) is 17.6. The Kier molecular flexibility index (Phi) is 5.59. The predicted molar refractivity (Wildman–Crippen MR) is 93.0 cm³/mol. The highest BCUT2D eigenvalue weighted by molar-refractivity contribution is 6.30. The predicted octanol–water partition coefficient (Wildman–Crippen LogP) is 3.62. The number of non-ortho nitro benzene ring substituents is 1. The van der Waals surface area contributed by atoms with Gasteiger partial charge in [-0.15, -0.1) is 0 Å². The Morgan fingerprint density at radius 2 is 2.00 bits per heavy atom. The standard InChI is InChI=1S/C16H16ClN3O4/c1-10-3-4-11(17)7-14(10)18-9-16(21)19-13-6-5-12(20(22)23)8-15(13)24-2/h3-8,18H,9H2,1-2H3,(H,19,21). The fraction of sp³-hybridized carbons (Fsp3) is 0.188. The van der Waals surface area contributed by atoms with Crippen LogP contribution in [0.2, 0.25) is 5.02 Å². The molecule has 24 heavy (non-hydrogen) atoms. The molecule has 2 aromatic rings. The average Bonchev–Trinajstić information content (AvgIpc) is 2.55. The fourth-order valence-corrected chi connectivity index (χ4v) is 2.22. The number of hydrogen-bond acceptors (Lipinski definition) is 5. The summed E-state index contributed by atoms with van der Waals surface area (Å²) < 4.78 is 5.08. The second kappa shape index (κ2) is 7.65. The molecule has 0 aliphatic heterocycles. The maximum atomic E-state index is 12.1. The molecule has 8 heteroatoms. The van der Waals surface area contributed by atoms with Crippen LogP contribution in [-0.4, -0.2) is 24.5 Å². The van der Waals surface area contributed by atoms with Gasteiger partial charge in [0.15, 0.2) is 0 Å². The smallest absolute Gasteiger partial charge is 0.273 e. The van der Waals surface area contributed by atoms with Crippen molar-refractivity contribution in [3.05, 3.63) is 57.1 Å². The van der Waals surface area contributed by atoms with E-state index in [1.54, 1.807) is 12.1 Å². The van der Waals surface area contributed by atoms with Crippen molar-refractivity contribution < 1.29 is 14.5 Å². The molecule has 126 valence electrons. The van der Waals surface area contributed by atoms with E-state index >= 15 is 0 Å². The van der Waals surface area contributed by atoms with E-state index in [1.807, 2.05) is 13.0 Å². The summed E-state index contributed by atoms with van der Waals surface area (Å²) in [5.74, 6) is -0.0991. The molecule has 0 aliphatic carbocycles.